The van der Waals surface area contributed by atoms with Gasteiger partial charge in [0.1, 0.15) is 11.4 Å². The molecule has 1 aromatic rings. The Bertz CT molecular complexity index is 492. The molecule has 3 rings (SSSR count). The highest BCUT2D eigenvalue weighted by Gasteiger charge is 2.41. The molecule has 1 aliphatic carbocycles. The predicted molar refractivity (Wildman–Crippen MR) is 78.7 cm³/mol. The number of hydrogen-bond donors (Lipinski definition) is 1. The van der Waals surface area contributed by atoms with Gasteiger partial charge in [-0.1, -0.05) is 31.5 Å². The van der Waals surface area contributed by atoms with Crippen LogP contribution in [0.2, 0.25) is 0 Å². The fourth-order valence-electron chi connectivity index (χ4n) is 3.55. The summed E-state index contributed by atoms with van der Waals surface area (Å²) in [5.74, 6) is 1.08. The summed E-state index contributed by atoms with van der Waals surface area (Å²) in [4.78, 5) is 11.8. The Kier molecular flexibility index (Phi) is 3.68. The SMILES string of the molecule is CCC(=O)NC1CC2(CCCCC2)Oc2ccccc21. The highest BCUT2D eigenvalue weighted by atomic mass is 16.5. The van der Waals surface area contributed by atoms with Gasteiger partial charge < -0.3 is 10.1 Å². The molecule has 0 saturated heterocycles. The molecule has 0 bridgehead atoms. The van der Waals surface area contributed by atoms with Crippen molar-refractivity contribution >= 4 is 5.91 Å². The zero-order valence-electron chi connectivity index (χ0n) is 12.2. The lowest BCUT2D eigenvalue weighted by atomic mass is 9.77. The minimum absolute atomic E-state index is 0.0573. The van der Waals surface area contributed by atoms with E-state index in [2.05, 4.69) is 11.4 Å². The van der Waals surface area contributed by atoms with E-state index in [1.54, 1.807) is 0 Å². The average molecular weight is 273 g/mol. The molecule has 1 fully saturated rings. The second kappa shape index (κ2) is 5.47. The number of nitrogens with one attached hydrogen (secondary N) is 1. The van der Waals surface area contributed by atoms with Crippen LogP contribution in [0.25, 0.3) is 0 Å². The van der Waals surface area contributed by atoms with Crippen molar-refractivity contribution < 1.29 is 9.53 Å². The molecular weight excluding hydrogens is 250 g/mol. The van der Waals surface area contributed by atoms with Gasteiger partial charge in [-0.05, 0) is 31.7 Å². The number of amides is 1. The van der Waals surface area contributed by atoms with Crippen molar-refractivity contribution in [3.63, 3.8) is 0 Å². The van der Waals surface area contributed by atoms with Crippen LogP contribution in [0, 0.1) is 0 Å². The first-order valence-electron chi connectivity index (χ1n) is 7.80. The fraction of sp³-hybridized carbons (Fsp3) is 0.588. The summed E-state index contributed by atoms with van der Waals surface area (Å²) in [7, 11) is 0. The van der Waals surface area contributed by atoms with E-state index in [9.17, 15) is 4.79 Å². The standard InChI is InChI=1S/C17H23NO2/c1-2-16(19)18-14-12-17(10-6-3-7-11-17)20-15-9-5-4-8-13(14)15/h4-5,8-9,14H,2-3,6-7,10-12H2,1H3,(H,18,19). The van der Waals surface area contributed by atoms with E-state index >= 15 is 0 Å². The number of hydrogen-bond acceptors (Lipinski definition) is 2. The second-order valence-electron chi connectivity index (χ2n) is 6.06. The first-order valence-corrected chi connectivity index (χ1v) is 7.80. The molecule has 3 nitrogen and oxygen atoms in total. The molecule has 1 aromatic carbocycles. The number of carbonyl (C=O) groups is 1. The third kappa shape index (κ3) is 2.54. The maximum absolute atomic E-state index is 11.8. The first kappa shape index (κ1) is 13.5. The first-order chi connectivity index (χ1) is 9.72. The van der Waals surface area contributed by atoms with Crippen molar-refractivity contribution in [1.29, 1.82) is 0 Å². The third-order valence-corrected chi connectivity index (χ3v) is 4.62. The van der Waals surface area contributed by atoms with Crippen LogP contribution in [-0.2, 0) is 4.79 Å². The van der Waals surface area contributed by atoms with Crippen molar-refractivity contribution in [3.05, 3.63) is 29.8 Å². The molecule has 1 atom stereocenters. The normalized spacial score (nSPS) is 23.8. The van der Waals surface area contributed by atoms with Crippen LogP contribution in [0.1, 0.15) is 63.5 Å². The number of carbonyl (C=O) groups excluding carboxylic acids is 1. The van der Waals surface area contributed by atoms with Gasteiger partial charge >= 0.3 is 0 Å². The van der Waals surface area contributed by atoms with Crippen LogP contribution in [0.3, 0.4) is 0 Å². The topological polar surface area (TPSA) is 38.3 Å². The van der Waals surface area contributed by atoms with Gasteiger partial charge in [-0.2, -0.15) is 0 Å². The van der Waals surface area contributed by atoms with Gasteiger partial charge in [0.05, 0.1) is 6.04 Å². The lowest BCUT2D eigenvalue weighted by Crippen LogP contribution is -2.46. The highest BCUT2D eigenvalue weighted by Crippen LogP contribution is 2.45. The summed E-state index contributed by atoms with van der Waals surface area (Å²) in [5, 5.41) is 3.18. The molecule has 1 spiro atoms. The molecule has 20 heavy (non-hydrogen) atoms. The number of fused-ring (bicyclic) bond motifs is 1. The van der Waals surface area contributed by atoms with Gasteiger partial charge in [-0.15, -0.1) is 0 Å². The van der Waals surface area contributed by atoms with Crippen LogP contribution in [-0.4, -0.2) is 11.5 Å². The Balaban J connectivity index is 1.89. The summed E-state index contributed by atoms with van der Waals surface area (Å²) in [6, 6.07) is 8.25. The van der Waals surface area contributed by atoms with E-state index in [0.717, 1.165) is 30.6 Å². The van der Waals surface area contributed by atoms with Crippen LogP contribution < -0.4 is 10.1 Å². The molecule has 0 aromatic heterocycles. The van der Waals surface area contributed by atoms with Gasteiger partial charge in [0.25, 0.3) is 0 Å². The summed E-state index contributed by atoms with van der Waals surface area (Å²) in [6.45, 7) is 1.90. The minimum Gasteiger partial charge on any atom is -0.487 e. The molecule has 1 saturated carbocycles. The third-order valence-electron chi connectivity index (χ3n) is 4.62. The molecule has 1 aliphatic heterocycles. The number of benzene rings is 1. The largest absolute Gasteiger partial charge is 0.487 e. The van der Waals surface area contributed by atoms with Gasteiger partial charge in [-0.3, -0.25) is 4.79 Å². The van der Waals surface area contributed by atoms with E-state index in [1.165, 1.54) is 19.3 Å². The highest BCUT2D eigenvalue weighted by molar-refractivity contribution is 5.76. The van der Waals surface area contributed by atoms with Gasteiger partial charge in [0, 0.05) is 18.4 Å². The van der Waals surface area contributed by atoms with E-state index in [0.29, 0.717) is 6.42 Å². The van der Waals surface area contributed by atoms with Crippen LogP contribution in [0.4, 0.5) is 0 Å². The van der Waals surface area contributed by atoms with E-state index in [1.807, 2.05) is 25.1 Å². The average Bonchev–Trinajstić information content (AvgIpc) is 2.48. The van der Waals surface area contributed by atoms with Crippen molar-refractivity contribution in [1.82, 2.24) is 5.32 Å². The monoisotopic (exact) mass is 273 g/mol. The molecule has 0 radical (unpaired) electrons. The molecule has 1 heterocycles. The van der Waals surface area contributed by atoms with Crippen molar-refractivity contribution in [2.75, 3.05) is 0 Å². The van der Waals surface area contributed by atoms with Gasteiger partial charge in [0.15, 0.2) is 0 Å². The molecule has 1 N–H and O–H groups in total. The number of para-hydroxylation sites is 1. The van der Waals surface area contributed by atoms with Crippen molar-refractivity contribution in [2.24, 2.45) is 0 Å². The molecule has 2 aliphatic rings. The van der Waals surface area contributed by atoms with Gasteiger partial charge in [0.2, 0.25) is 5.91 Å². The predicted octanol–water partition coefficient (Wildman–Crippen LogP) is 3.74. The van der Waals surface area contributed by atoms with Crippen LogP contribution in [0.5, 0.6) is 5.75 Å². The van der Waals surface area contributed by atoms with E-state index in [4.69, 9.17) is 4.74 Å². The zero-order chi connectivity index (χ0) is 14.0. The maximum Gasteiger partial charge on any atom is 0.220 e. The lowest BCUT2D eigenvalue weighted by molar-refractivity contribution is -0.122. The summed E-state index contributed by atoms with van der Waals surface area (Å²) in [6.07, 6.45) is 7.44. The Hall–Kier alpha value is -1.51. The van der Waals surface area contributed by atoms with Crippen molar-refractivity contribution in [2.45, 2.75) is 63.5 Å². The smallest absolute Gasteiger partial charge is 0.220 e. The molecular formula is C17H23NO2. The summed E-state index contributed by atoms with van der Waals surface area (Å²) in [5.41, 5.74) is 1.07. The van der Waals surface area contributed by atoms with Gasteiger partial charge in [-0.25, -0.2) is 0 Å². The van der Waals surface area contributed by atoms with Crippen LogP contribution >= 0.6 is 0 Å². The summed E-state index contributed by atoms with van der Waals surface area (Å²) < 4.78 is 6.35. The maximum atomic E-state index is 11.8. The summed E-state index contributed by atoms with van der Waals surface area (Å²) >= 11 is 0. The zero-order valence-corrected chi connectivity index (χ0v) is 12.2. The minimum atomic E-state index is -0.0573. The molecule has 3 heteroatoms. The van der Waals surface area contributed by atoms with Crippen molar-refractivity contribution in [3.8, 4) is 5.75 Å². The number of rotatable bonds is 2. The van der Waals surface area contributed by atoms with E-state index in [-0.39, 0.29) is 17.6 Å². The Morgan fingerprint density at radius 2 is 2.05 bits per heavy atom. The molecule has 1 amide bonds. The fourth-order valence-corrected chi connectivity index (χ4v) is 3.55. The quantitative estimate of drug-likeness (QED) is 0.891. The Labute approximate surface area is 120 Å². The molecule has 1 unspecified atom stereocenters. The Morgan fingerprint density at radius 1 is 1.30 bits per heavy atom. The lowest BCUT2D eigenvalue weighted by Gasteiger charge is -2.44. The number of ether oxygens (including phenoxy) is 1. The van der Waals surface area contributed by atoms with E-state index < -0.39 is 0 Å². The Morgan fingerprint density at radius 3 is 2.80 bits per heavy atom. The molecule has 108 valence electrons. The second-order valence-corrected chi connectivity index (χ2v) is 6.06. The van der Waals surface area contributed by atoms with Crippen LogP contribution in [0.15, 0.2) is 24.3 Å².